The predicted octanol–water partition coefficient (Wildman–Crippen LogP) is 3.19. The minimum Gasteiger partial charge on any atom is -0.469 e. The van der Waals surface area contributed by atoms with Crippen LogP contribution < -0.4 is 5.32 Å². The summed E-state index contributed by atoms with van der Waals surface area (Å²) < 4.78 is 10.9. The third-order valence-corrected chi connectivity index (χ3v) is 5.75. The molecule has 1 unspecified atom stereocenters. The monoisotopic (exact) mass is 518 g/mol. The summed E-state index contributed by atoms with van der Waals surface area (Å²) in [5.41, 5.74) is 0. The molecule has 3 rings (SSSR count). The Hall–Kier alpha value is -1.29. The quantitative estimate of drug-likeness (QED) is 0.270. The smallest absolute Gasteiger partial charge is 0.308 e. The maximum absolute atomic E-state index is 11.8. The van der Waals surface area contributed by atoms with Crippen LogP contribution in [0.25, 0.3) is 0 Å². The summed E-state index contributed by atoms with van der Waals surface area (Å²) in [6.45, 7) is 9.41. The molecule has 1 aromatic rings. The summed E-state index contributed by atoms with van der Waals surface area (Å²) in [6, 6.07) is 4.30. The molecule has 0 amide bonds. The predicted molar refractivity (Wildman–Crippen MR) is 125 cm³/mol. The standard InChI is InChI=1S/C21H34N4O3.HI/c1-4-22-21(25-13-9-17(10-14-25)20(26)27-3)23-15-18(24-11-5-6-12-24)19-8-7-16(2)28-19;/h7-8,17-18H,4-6,9-15H2,1-3H3,(H,22,23);1H. The van der Waals surface area contributed by atoms with Gasteiger partial charge in [-0.15, -0.1) is 24.0 Å². The fraction of sp³-hybridized carbons (Fsp3) is 0.714. The number of guanidine groups is 1. The van der Waals surface area contributed by atoms with Crippen molar-refractivity contribution in [2.75, 3.05) is 46.4 Å². The van der Waals surface area contributed by atoms with Crippen molar-refractivity contribution in [3.05, 3.63) is 23.7 Å². The largest absolute Gasteiger partial charge is 0.469 e. The summed E-state index contributed by atoms with van der Waals surface area (Å²) in [5.74, 6) is 2.79. The van der Waals surface area contributed by atoms with Gasteiger partial charge in [-0.05, 0) is 64.8 Å². The van der Waals surface area contributed by atoms with E-state index in [4.69, 9.17) is 14.1 Å². The lowest BCUT2D eigenvalue weighted by Gasteiger charge is -2.33. The van der Waals surface area contributed by atoms with Crippen LogP contribution in [0.2, 0.25) is 0 Å². The normalized spacial score (nSPS) is 19.7. The molecule has 3 heterocycles. The van der Waals surface area contributed by atoms with E-state index in [1.807, 2.05) is 13.0 Å². The maximum atomic E-state index is 11.8. The molecule has 0 saturated carbocycles. The molecule has 0 aliphatic carbocycles. The Morgan fingerprint density at radius 1 is 1.28 bits per heavy atom. The third-order valence-electron chi connectivity index (χ3n) is 5.75. The van der Waals surface area contributed by atoms with E-state index < -0.39 is 0 Å². The molecule has 2 aliphatic rings. The molecule has 1 aromatic heterocycles. The van der Waals surface area contributed by atoms with Gasteiger partial charge in [0.15, 0.2) is 5.96 Å². The first-order valence-corrected chi connectivity index (χ1v) is 10.5. The number of methoxy groups -OCH3 is 1. The number of carbonyl (C=O) groups excluding carboxylic acids is 1. The van der Waals surface area contributed by atoms with E-state index in [0.717, 1.165) is 63.0 Å². The summed E-state index contributed by atoms with van der Waals surface area (Å²) in [5, 5.41) is 3.42. The van der Waals surface area contributed by atoms with Gasteiger partial charge in [0, 0.05) is 19.6 Å². The maximum Gasteiger partial charge on any atom is 0.308 e. The van der Waals surface area contributed by atoms with Crippen LogP contribution in [-0.4, -0.2) is 68.1 Å². The number of furan rings is 1. The first-order valence-electron chi connectivity index (χ1n) is 10.5. The lowest BCUT2D eigenvalue weighted by molar-refractivity contribution is -0.146. The van der Waals surface area contributed by atoms with Crippen molar-refractivity contribution >= 4 is 35.9 Å². The van der Waals surface area contributed by atoms with E-state index in [0.29, 0.717) is 6.54 Å². The summed E-state index contributed by atoms with van der Waals surface area (Å²) >= 11 is 0. The van der Waals surface area contributed by atoms with Gasteiger partial charge in [-0.3, -0.25) is 14.7 Å². The second kappa shape index (κ2) is 11.8. The van der Waals surface area contributed by atoms with Gasteiger partial charge >= 0.3 is 5.97 Å². The van der Waals surface area contributed by atoms with Crippen molar-refractivity contribution in [2.45, 2.75) is 45.6 Å². The van der Waals surface area contributed by atoms with Crippen LogP contribution >= 0.6 is 24.0 Å². The summed E-state index contributed by atoms with van der Waals surface area (Å²) in [6.07, 6.45) is 4.09. The number of aryl methyl sites for hydroxylation is 1. The molecular formula is C21H35IN4O3. The van der Waals surface area contributed by atoms with E-state index in [1.165, 1.54) is 20.0 Å². The van der Waals surface area contributed by atoms with Crippen molar-refractivity contribution < 1.29 is 13.9 Å². The molecule has 0 spiro atoms. The van der Waals surface area contributed by atoms with Crippen LogP contribution in [0, 0.1) is 12.8 Å². The number of piperidine rings is 1. The Morgan fingerprint density at radius 3 is 2.52 bits per heavy atom. The Balaban J connectivity index is 0.00000300. The zero-order chi connectivity index (χ0) is 19.9. The van der Waals surface area contributed by atoms with Crippen LogP contribution in [0.4, 0.5) is 0 Å². The van der Waals surface area contributed by atoms with Gasteiger partial charge in [0.25, 0.3) is 0 Å². The van der Waals surface area contributed by atoms with E-state index in [2.05, 4.69) is 28.1 Å². The molecule has 1 atom stereocenters. The van der Waals surface area contributed by atoms with Gasteiger partial charge in [-0.1, -0.05) is 0 Å². The zero-order valence-electron chi connectivity index (χ0n) is 17.9. The van der Waals surface area contributed by atoms with Gasteiger partial charge in [0.05, 0.1) is 25.6 Å². The number of hydrogen-bond donors (Lipinski definition) is 1. The fourth-order valence-electron chi connectivity index (χ4n) is 4.16. The minimum absolute atomic E-state index is 0. The van der Waals surface area contributed by atoms with Crippen molar-refractivity contribution in [3.8, 4) is 0 Å². The highest BCUT2D eigenvalue weighted by atomic mass is 127. The number of carbonyl (C=O) groups is 1. The number of ether oxygens (including phenoxy) is 1. The van der Waals surface area contributed by atoms with Crippen LogP contribution in [0.3, 0.4) is 0 Å². The topological polar surface area (TPSA) is 70.3 Å². The number of rotatable bonds is 6. The van der Waals surface area contributed by atoms with Crippen LogP contribution in [0.15, 0.2) is 21.5 Å². The first-order chi connectivity index (χ1) is 13.6. The number of nitrogens with one attached hydrogen (secondary N) is 1. The van der Waals surface area contributed by atoms with Gasteiger partial charge < -0.3 is 19.4 Å². The molecule has 2 fully saturated rings. The minimum atomic E-state index is -0.0936. The molecular weight excluding hydrogens is 483 g/mol. The SMILES string of the molecule is CCNC(=NCC(c1ccc(C)o1)N1CCCC1)N1CCC(C(=O)OC)CC1.I. The fourth-order valence-corrected chi connectivity index (χ4v) is 4.16. The Kier molecular flexibility index (Phi) is 9.74. The van der Waals surface area contributed by atoms with E-state index >= 15 is 0 Å². The molecule has 164 valence electrons. The van der Waals surface area contributed by atoms with Crippen LogP contribution in [-0.2, 0) is 9.53 Å². The number of halogens is 1. The van der Waals surface area contributed by atoms with E-state index in [-0.39, 0.29) is 41.9 Å². The molecule has 0 bridgehead atoms. The highest BCUT2D eigenvalue weighted by Crippen LogP contribution is 2.27. The molecule has 2 aliphatic heterocycles. The van der Waals surface area contributed by atoms with Crippen LogP contribution in [0.5, 0.6) is 0 Å². The molecule has 8 heteroatoms. The lowest BCUT2D eigenvalue weighted by Crippen LogP contribution is -2.47. The lowest BCUT2D eigenvalue weighted by atomic mass is 9.97. The van der Waals surface area contributed by atoms with Gasteiger partial charge in [0.1, 0.15) is 11.5 Å². The Labute approximate surface area is 191 Å². The Bertz CT molecular complexity index is 665. The molecule has 0 radical (unpaired) electrons. The first kappa shape index (κ1) is 24.0. The second-order valence-corrected chi connectivity index (χ2v) is 7.69. The molecule has 1 N–H and O–H groups in total. The molecule has 2 saturated heterocycles. The number of likely N-dealkylation sites (tertiary alicyclic amines) is 2. The van der Waals surface area contributed by atoms with Crippen LogP contribution in [0.1, 0.15) is 50.2 Å². The van der Waals surface area contributed by atoms with E-state index in [1.54, 1.807) is 0 Å². The van der Waals surface area contributed by atoms with Crippen molar-refractivity contribution in [1.29, 1.82) is 0 Å². The third kappa shape index (κ3) is 6.34. The van der Waals surface area contributed by atoms with E-state index in [9.17, 15) is 4.79 Å². The molecule has 0 aromatic carbocycles. The number of aliphatic imine (C=N–C) groups is 1. The average Bonchev–Trinajstić information content (AvgIpc) is 3.39. The van der Waals surface area contributed by atoms with Crippen molar-refractivity contribution in [1.82, 2.24) is 15.1 Å². The highest BCUT2D eigenvalue weighted by molar-refractivity contribution is 14.0. The van der Waals surface area contributed by atoms with Gasteiger partial charge in [-0.25, -0.2) is 0 Å². The number of nitrogens with zero attached hydrogens (tertiary/aromatic N) is 3. The van der Waals surface area contributed by atoms with Crippen molar-refractivity contribution in [3.63, 3.8) is 0 Å². The second-order valence-electron chi connectivity index (χ2n) is 7.69. The molecule has 29 heavy (non-hydrogen) atoms. The summed E-state index contributed by atoms with van der Waals surface area (Å²) in [7, 11) is 1.47. The average molecular weight is 518 g/mol. The van der Waals surface area contributed by atoms with Crippen molar-refractivity contribution in [2.24, 2.45) is 10.9 Å². The summed E-state index contributed by atoms with van der Waals surface area (Å²) in [4.78, 5) is 21.5. The molecule has 7 nitrogen and oxygen atoms in total. The number of hydrogen-bond acceptors (Lipinski definition) is 5. The van der Waals surface area contributed by atoms with Gasteiger partial charge in [-0.2, -0.15) is 0 Å². The number of esters is 1. The Morgan fingerprint density at radius 2 is 1.97 bits per heavy atom. The van der Waals surface area contributed by atoms with Gasteiger partial charge in [0.2, 0.25) is 0 Å². The zero-order valence-corrected chi connectivity index (χ0v) is 20.2. The highest BCUT2D eigenvalue weighted by Gasteiger charge is 2.29.